The maximum Gasteiger partial charge on any atom is 0.355 e. The number of sulfonamides is 1. The van der Waals surface area contributed by atoms with Crippen molar-refractivity contribution in [1.82, 2.24) is 14.9 Å². The van der Waals surface area contributed by atoms with Crippen LogP contribution in [0.3, 0.4) is 0 Å². The van der Waals surface area contributed by atoms with Crippen LogP contribution in [0.15, 0.2) is 16.0 Å². The van der Waals surface area contributed by atoms with Gasteiger partial charge in [0.15, 0.2) is 5.69 Å². The SMILES string of the molecule is Cc1cc(CS(=O)(=O)NCc2nc(C(=O)O)cs2)no1. The summed E-state index contributed by atoms with van der Waals surface area (Å²) >= 11 is 1.08. The lowest BCUT2D eigenvalue weighted by Gasteiger charge is -2.02. The van der Waals surface area contributed by atoms with Crippen molar-refractivity contribution < 1.29 is 22.8 Å². The predicted molar refractivity (Wildman–Crippen MR) is 69.8 cm³/mol. The van der Waals surface area contributed by atoms with Crippen LogP contribution in [0, 0.1) is 6.92 Å². The van der Waals surface area contributed by atoms with Crippen molar-refractivity contribution >= 4 is 27.3 Å². The molecule has 0 aliphatic carbocycles. The topological polar surface area (TPSA) is 122 Å². The van der Waals surface area contributed by atoms with Gasteiger partial charge in [0, 0.05) is 11.4 Å². The molecule has 0 aromatic carbocycles. The molecule has 0 radical (unpaired) electrons. The highest BCUT2D eigenvalue weighted by Crippen LogP contribution is 2.11. The number of hydrogen-bond acceptors (Lipinski definition) is 7. The molecular weight excluding hydrogens is 306 g/mol. The van der Waals surface area contributed by atoms with Gasteiger partial charge in [0.05, 0.1) is 6.54 Å². The molecule has 108 valence electrons. The summed E-state index contributed by atoms with van der Waals surface area (Å²) in [5, 5.41) is 14.0. The number of carboxylic acids is 1. The van der Waals surface area contributed by atoms with Crippen LogP contribution in [-0.2, 0) is 22.3 Å². The fourth-order valence-electron chi connectivity index (χ4n) is 1.39. The van der Waals surface area contributed by atoms with Crippen LogP contribution in [0.25, 0.3) is 0 Å². The molecule has 2 aromatic heterocycles. The van der Waals surface area contributed by atoms with Crippen molar-refractivity contribution in [1.29, 1.82) is 0 Å². The Balaban J connectivity index is 1.96. The summed E-state index contributed by atoms with van der Waals surface area (Å²) in [5.74, 6) is -0.920. The van der Waals surface area contributed by atoms with E-state index in [9.17, 15) is 13.2 Å². The van der Waals surface area contributed by atoms with Crippen molar-refractivity contribution in [3.63, 3.8) is 0 Å². The molecule has 0 saturated heterocycles. The Bertz CT molecular complexity index is 719. The third-order valence-corrected chi connectivity index (χ3v) is 4.34. The summed E-state index contributed by atoms with van der Waals surface area (Å²) in [4.78, 5) is 14.4. The smallest absolute Gasteiger partial charge is 0.355 e. The molecule has 2 rings (SSSR count). The van der Waals surface area contributed by atoms with Gasteiger partial charge < -0.3 is 9.63 Å². The maximum absolute atomic E-state index is 11.8. The fraction of sp³-hybridized carbons (Fsp3) is 0.300. The Morgan fingerprint density at radius 2 is 2.30 bits per heavy atom. The molecule has 0 amide bonds. The summed E-state index contributed by atoms with van der Waals surface area (Å²) in [6.07, 6.45) is 0. The minimum absolute atomic E-state index is 0.0584. The monoisotopic (exact) mass is 317 g/mol. The second-order valence-electron chi connectivity index (χ2n) is 3.94. The first-order valence-electron chi connectivity index (χ1n) is 5.43. The molecule has 0 aliphatic heterocycles. The van der Waals surface area contributed by atoms with Crippen molar-refractivity contribution in [3.05, 3.63) is 33.6 Å². The second-order valence-corrected chi connectivity index (χ2v) is 6.69. The number of hydrogen-bond donors (Lipinski definition) is 2. The largest absolute Gasteiger partial charge is 0.476 e. The molecule has 0 bridgehead atoms. The third-order valence-electron chi connectivity index (χ3n) is 2.23. The molecule has 0 saturated carbocycles. The van der Waals surface area contributed by atoms with E-state index < -0.39 is 16.0 Å². The number of carboxylic acid groups (broad SMARTS) is 1. The second kappa shape index (κ2) is 5.69. The molecule has 10 heteroatoms. The van der Waals surface area contributed by atoms with Gasteiger partial charge in [-0.25, -0.2) is 22.9 Å². The van der Waals surface area contributed by atoms with Gasteiger partial charge in [0.1, 0.15) is 22.2 Å². The van der Waals surface area contributed by atoms with Gasteiger partial charge in [-0.3, -0.25) is 0 Å². The van der Waals surface area contributed by atoms with E-state index in [1.54, 1.807) is 6.92 Å². The van der Waals surface area contributed by atoms with Crippen LogP contribution < -0.4 is 4.72 Å². The van der Waals surface area contributed by atoms with Gasteiger partial charge in [-0.15, -0.1) is 11.3 Å². The summed E-state index contributed by atoms with van der Waals surface area (Å²) in [6, 6.07) is 1.53. The molecule has 8 nitrogen and oxygen atoms in total. The summed E-state index contributed by atoms with van der Waals surface area (Å²) in [6.45, 7) is 1.61. The molecule has 0 spiro atoms. The molecule has 0 aliphatic rings. The van der Waals surface area contributed by atoms with Crippen LogP contribution in [0.1, 0.15) is 27.0 Å². The van der Waals surface area contributed by atoms with E-state index in [1.165, 1.54) is 11.4 Å². The maximum atomic E-state index is 11.8. The van der Waals surface area contributed by atoms with Crippen LogP contribution in [0.5, 0.6) is 0 Å². The zero-order valence-corrected chi connectivity index (χ0v) is 12.0. The summed E-state index contributed by atoms with van der Waals surface area (Å²) in [5.41, 5.74) is 0.205. The number of aromatic carboxylic acids is 1. The number of thiazole rings is 1. The molecule has 2 heterocycles. The predicted octanol–water partition coefficient (Wildman–Crippen LogP) is 0.757. The van der Waals surface area contributed by atoms with E-state index in [0.717, 1.165) is 11.3 Å². The number of nitrogens with zero attached hydrogens (tertiary/aromatic N) is 2. The normalized spacial score (nSPS) is 11.7. The minimum Gasteiger partial charge on any atom is -0.476 e. The van der Waals surface area contributed by atoms with Crippen LogP contribution in [0.2, 0.25) is 0 Å². The molecule has 20 heavy (non-hydrogen) atoms. The number of aromatic nitrogens is 2. The van der Waals surface area contributed by atoms with E-state index in [4.69, 9.17) is 9.63 Å². The molecule has 2 N–H and O–H groups in total. The van der Waals surface area contributed by atoms with Gasteiger partial charge >= 0.3 is 5.97 Å². The van der Waals surface area contributed by atoms with E-state index in [2.05, 4.69) is 14.9 Å². The zero-order valence-electron chi connectivity index (χ0n) is 10.4. The Labute approximate surface area is 118 Å². The van der Waals surface area contributed by atoms with Gasteiger partial charge in [-0.05, 0) is 6.92 Å². The first-order valence-corrected chi connectivity index (χ1v) is 7.96. The molecular formula is C10H11N3O5S2. The summed E-state index contributed by atoms with van der Waals surface area (Å²) in [7, 11) is -3.58. The van der Waals surface area contributed by atoms with Gasteiger partial charge in [0.2, 0.25) is 10.0 Å². The van der Waals surface area contributed by atoms with Crippen LogP contribution in [-0.4, -0.2) is 29.6 Å². The van der Waals surface area contributed by atoms with Crippen molar-refractivity contribution in [3.8, 4) is 0 Å². The number of aryl methyl sites for hydroxylation is 1. The number of carbonyl (C=O) groups is 1. The Morgan fingerprint density at radius 3 is 2.85 bits per heavy atom. The Morgan fingerprint density at radius 1 is 1.55 bits per heavy atom. The van der Waals surface area contributed by atoms with Crippen LogP contribution >= 0.6 is 11.3 Å². The van der Waals surface area contributed by atoms with Crippen molar-refractivity contribution in [2.24, 2.45) is 0 Å². The van der Waals surface area contributed by atoms with E-state index in [1.807, 2.05) is 0 Å². The van der Waals surface area contributed by atoms with Gasteiger partial charge in [-0.2, -0.15) is 0 Å². The summed E-state index contributed by atoms with van der Waals surface area (Å²) < 4.78 is 30.7. The standard InChI is InChI=1S/C10H11N3O5S2/c1-6-2-7(13-18-6)5-20(16,17)11-3-9-12-8(4-19-9)10(14)15/h2,4,11H,3,5H2,1H3,(H,14,15). The fourth-order valence-corrected chi connectivity index (χ4v) is 3.18. The molecule has 2 aromatic rings. The highest BCUT2D eigenvalue weighted by molar-refractivity contribution is 7.88. The Hall–Kier alpha value is -1.78. The van der Waals surface area contributed by atoms with Crippen molar-refractivity contribution in [2.45, 2.75) is 19.2 Å². The average Bonchev–Trinajstić information content (AvgIpc) is 2.95. The van der Waals surface area contributed by atoms with E-state index >= 15 is 0 Å². The molecule has 0 atom stereocenters. The lowest BCUT2D eigenvalue weighted by Crippen LogP contribution is -2.24. The zero-order chi connectivity index (χ0) is 14.8. The lowest BCUT2D eigenvalue weighted by atomic mass is 10.4. The first-order chi connectivity index (χ1) is 9.35. The van der Waals surface area contributed by atoms with Gasteiger partial charge in [0.25, 0.3) is 0 Å². The number of rotatable bonds is 6. The van der Waals surface area contributed by atoms with Gasteiger partial charge in [-0.1, -0.05) is 5.16 Å². The van der Waals surface area contributed by atoms with E-state index in [0.29, 0.717) is 16.5 Å². The third kappa shape index (κ3) is 3.85. The Kier molecular flexibility index (Phi) is 4.16. The first kappa shape index (κ1) is 14.6. The van der Waals surface area contributed by atoms with E-state index in [-0.39, 0.29) is 18.0 Å². The quantitative estimate of drug-likeness (QED) is 0.806. The minimum atomic E-state index is -3.58. The van der Waals surface area contributed by atoms with Crippen molar-refractivity contribution in [2.75, 3.05) is 0 Å². The lowest BCUT2D eigenvalue weighted by molar-refractivity contribution is 0.0691. The average molecular weight is 317 g/mol. The molecule has 0 unspecified atom stereocenters. The number of nitrogens with one attached hydrogen (secondary N) is 1. The highest BCUT2D eigenvalue weighted by atomic mass is 32.2. The van der Waals surface area contributed by atoms with Crippen LogP contribution in [0.4, 0.5) is 0 Å². The molecule has 0 fully saturated rings. The highest BCUT2D eigenvalue weighted by Gasteiger charge is 2.16.